The number of nitrogens with zero attached hydrogens (tertiary/aromatic N) is 3. The van der Waals surface area contributed by atoms with Gasteiger partial charge in [0.25, 0.3) is 0 Å². The summed E-state index contributed by atoms with van der Waals surface area (Å²) in [6, 6.07) is 0. The normalized spacial score (nSPS) is 7.40. The Kier molecular flexibility index (Phi) is 3.75. The number of rotatable bonds is 0. The van der Waals surface area contributed by atoms with Gasteiger partial charge in [-0.3, -0.25) is 4.68 Å². The highest BCUT2D eigenvalue weighted by Crippen LogP contribution is 1.79. The fraction of sp³-hybridized carbons (Fsp3) is 0.400. The standard InChI is InChI=1S/C4H7N3.CO2/c1-4-5-3-7(2)6-4;2-1-3/h3H,1-2H3;. The zero-order valence-corrected chi connectivity index (χ0v) is 5.74. The highest BCUT2D eigenvalue weighted by molar-refractivity contribution is 5.20. The summed E-state index contributed by atoms with van der Waals surface area (Å²) in [5.74, 6) is 0.822. The molecule has 1 aromatic heterocycles. The molecule has 0 fully saturated rings. The van der Waals surface area contributed by atoms with Crippen molar-refractivity contribution in [3.8, 4) is 0 Å². The van der Waals surface area contributed by atoms with Crippen molar-refractivity contribution in [1.29, 1.82) is 0 Å². The molecule has 0 bridgehead atoms. The zero-order chi connectivity index (χ0) is 7.98. The molecule has 0 aliphatic carbocycles. The summed E-state index contributed by atoms with van der Waals surface area (Å²) in [4.78, 5) is 20.1. The predicted octanol–water partition coefficient (Wildman–Crippen LogP) is -0.460. The quantitative estimate of drug-likeness (QED) is 0.490. The van der Waals surface area contributed by atoms with Crippen LogP contribution in [-0.4, -0.2) is 20.9 Å². The molecule has 5 heteroatoms. The van der Waals surface area contributed by atoms with E-state index in [-0.39, 0.29) is 6.15 Å². The van der Waals surface area contributed by atoms with Crippen molar-refractivity contribution in [2.45, 2.75) is 6.92 Å². The SMILES string of the molecule is Cc1ncn(C)n1.O=C=O. The summed E-state index contributed by atoms with van der Waals surface area (Å²) >= 11 is 0. The van der Waals surface area contributed by atoms with Gasteiger partial charge in [0, 0.05) is 7.05 Å². The van der Waals surface area contributed by atoms with E-state index in [1.54, 1.807) is 11.0 Å². The Morgan fingerprint density at radius 2 is 2.10 bits per heavy atom. The Morgan fingerprint density at radius 3 is 2.20 bits per heavy atom. The number of aromatic nitrogens is 3. The third-order valence-electron chi connectivity index (χ3n) is 0.714. The largest absolute Gasteiger partial charge is 0.373 e. The van der Waals surface area contributed by atoms with Crippen molar-refractivity contribution in [3.05, 3.63) is 12.2 Å². The van der Waals surface area contributed by atoms with Crippen LogP contribution in [0.1, 0.15) is 5.82 Å². The number of hydrogen-bond donors (Lipinski definition) is 0. The third-order valence-corrected chi connectivity index (χ3v) is 0.714. The van der Waals surface area contributed by atoms with E-state index in [0.717, 1.165) is 5.82 Å². The Morgan fingerprint density at radius 1 is 1.60 bits per heavy atom. The zero-order valence-electron chi connectivity index (χ0n) is 5.74. The number of aryl methyl sites for hydroxylation is 2. The summed E-state index contributed by atoms with van der Waals surface area (Å²) in [6.07, 6.45) is 1.93. The van der Waals surface area contributed by atoms with Crippen molar-refractivity contribution in [2.24, 2.45) is 7.05 Å². The Bertz CT molecular complexity index is 208. The van der Waals surface area contributed by atoms with Gasteiger partial charge in [0.15, 0.2) is 0 Å². The van der Waals surface area contributed by atoms with Crippen molar-refractivity contribution in [2.75, 3.05) is 0 Å². The molecule has 1 rings (SSSR count). The Balaban J connectivity index is 0.000000236. The fourth-order valence-electron chi connectivity index (χ4n) is 0.447. The van der Waals surface area contributed by atoms with Gasteiger partial charge in [-0.1, -0.05) is 0 Å². The van der Waals surface area contributed by atoms with Crippen molar-refractivity contribution in [1.82, 2.24) is 14.8 Å². The smallest absolute Gasteiger partial charge is 0.256 e. The van der Waals surface area contributed by atoms with Gasteiger partial charge in [-0.25, -0.2) is 4.98 Å². The lowest BCUT2D eigenvalue weighted by Crippen LogP contribution is -1.86. The summed E-state index contributed by atoms with van der Waals surface area (Å²) in [5, 5.41) is 3.92. The lowest BCUT2D eigenvalue weighted by Gasteiger charge is -1.76. The summed E-state index contributed by atoms with van der Waals surface area (Å²) < 4.78 is 1.68. The summed E-state index contributed by atoms with van der Waals surface area (Å²) in [6.45, 7) is 1.86. The van der Waals surface area contributed by atoms with Crippen molar-refractivity contribution >= 4 is 6.15 Å². The second-order valence-electron chi connectivity index (χ2n) is 1.55. The molecule has 0 radical (unpaired) electrons. The molecule has 0 N–H and O–H groups in total. The Hall–Kier alpha value is -1.48. The van der Waals surface area contributed by atoms with Crippen LogP contribution in [0.2, 0.25) is 0 Å². The first-order valence-electron chi connectivity index (χ1n) is 2.52. The summed E-state index contributed by atoms with van der Waals surface area (Å²) in [5.41, 5.74) is 0. The van der Waals surface area contributed by atoms with Gasteiger partial charge in [0.05, 0.1) is 0 Å². The van der Waals surface area contributed by atoms with Gasteiger partial charge >= 0.3 is 6.15 Å². The minimum Gasteiger partial charge on any atom is -0.256 e. The fourth-order valence-corrected chi connectivity index (χ4v) is 0.447. The highest BCUT2D eigenvalue weighted by Gasteiger charge is 1.83. The van der Waals surface area contributed by atoms with E-state index in [2.05, 4.69) is 10.1 Å². The second-order valence-corrected chi connectivity index (χ2v) is 1.55. The number of hydrogen-bond acceptors (Lipinski definition) is 4. The van der Waals surface area contributed by atoms with E-state index in [1.165, 1.54) is 0 Å². The number of carbonyl (C=O) groups excluding carboxylic acids is 2. The minimum atomic E-state index is 0.250. The van der Waals surface area contributed by atoms with Gasteiger partial charge < -0.3 is 0 Å². The third kappa shape index (κ3) is 3.51. The molecule has 0 saturated heterocycles. The van der Waals surface area contributed by atoms with Gasteiger partial charge in [0.1, 0.15) is 12.2 Å². The molecule has 0 unspecified atom stereocenters. The Labute approximate surface area is 57.7 Å². The van der Waals surface area contributed by atoms with Crippen LogP contribution >= 0.6 is 0 Å². The molecular formula is C5H7N3O2. The molecule has 0 aliphatic rings. The van der Waals surface area contributed by atoms with Crippen LogP contribution in [0.15, 0.2) is 6.33 Å². The predicted molar refractivity (Wildman–Crippen MR) is 30.7 cm³/mol. The monoisotopic (exact) mass is 141 g/mol. The van der Waals surface area contributed by atoms with Gasteiger partial charge in [-0.05, 0) is 6.92 Å². The lowest BCUT2D eigenvalue weighted by molar-refractivity contribution is -0.191. The maximum Gasteiger partial charge on any atom is 0.373 e. The molecule has 0 saturated carbocycles. The van der Waals surface area contributed by atoms with Crippen LogP contribution in [0.25, 0.3) is 0 Å². The first-order chi connectivity index (χ1) is 4.70. The van der Waals surface area contributed by atoms with Gasteiger partial charge in [0.2, 0.25) is 0 Å². The molecule has 54 valence electrons. The van der Waals surface area contributed by atoms with Crippen LogP contribution in [0.4, 0.5) is 0 Å². The molecule has 1 heterocycles. The topological polar surface area (TPSA) is 64.8 Å². The van der Waals surface area contributed by atoms with E-state index < -0.39 is 0 Å². The molecule has 0 aromatic carbocycles. The lowest BCUT2D eigenvalue weighted by atomic mass is 10.8. The van der Waals surface area contributed by atoms with Crippen molar-refractivity contribution < 1.29 is 9.59 Å². The van der Waals surface area contributed by atoms with Crippen LogP contribution < -0.4 is 0 Å². The van der Waals surface area contributed by atoms with E-state index in [9.17, 15) is 0 Å². The molecular weight excluding hydrogens is 134 g/mol. The molecule has 0 atom stereocenters. The van der Waals surface area contributed by atoms with E-state index in [4.69, 9.17) is 9.59 Å². The van der Waals surface area contributed by atoms with Crippen LogP contribution in [0.5, 0.6) is 0 Å². The maximum absolute atomic E-state index is 8.12. The molecule has 10 heavy (non-hydrogen) atoms. The van der Waals surface area contributed by atoms with E-state index in [0.29, 0.717) is 0 Å². The molecule has 1 aromatic rings. The molecule has 0 aliphatic heterocycles. The highest BCUT2D eigenvalue weighted by atomic mass is 16.2. The average Bonchev–Trinajstić information content (AvgIpc) is 2.17. The minimum absolute atomic E-state index is 0.250. The maximum atomic E-state index is 8.12. The first-order valence-corrected chi connectivity index (χ1v) is 2.52. The first kappa shape index (κ1) is 8.52. The van der Waals surface area contributed by atoms with Crippen molar-refractivity contribution in [3.63, 3.8) is 0 Å². The van der Waals surface area contributed by atoms with Crippen LogP contribution in [0, 0.1) is 6.92 Å². The molecule has 0 spiro atoms. The second kappa shape index (κ2) is 4.40. The molecule has 0 amide bonds. The molecule has 5 nitrogen and oxygen atoms in total. The van der Waals surface area contributed by atoms with Crippen LogP contribution in [-0.2, 0) is 16.6 Å². The van der Waals surface area contributed by atoms with Gasteiger partial charge in [-0.15, -0.1) is 0 Å². The van der Waals surface area contributed by atoms with Crippen LogP contribution in [0.3, 0.4) is 0 Å². The van der Waals surface area contributed by atoms with Gasteiger partial charge in [-0.2, -0.15) is 14.7 Å². The summed E-state index contributed by atoms with van der Waals surface area (Å²) in [7, 11) is 1.85. The van der Waals surface area contributed by atoms with E-state index in [1.807, 2.05) is 14.0 Å². The average molecular weight is 141 g/mol. The van der Waals surface area contributed by atoms with E-state index >= 15 is 0 Å².